The van der Waals surface area contributed by atoms with Gasteiger partial charge in [0.05, 0.1) is 33.0 Å². The zero-order valence-corrected chi connectivity index (χ0v) is 77.4. The van der Waals surface area contributed by atoms with Gasteiger partial charge >= 0.3 is 0 Å². The molecule has 128 heavy (non-hydrogen) atoms. The van der Waals surface area contributed by atoms with Crippen molar-refractivity contribution in [1.82, 2.24) is 4.98 Å². The fourth-order valence-corrected chi connectivity index (χ4v) is 17.0. The van der Waals surface area contributed by atoms with E-state index in [1.807, 2.05) is 291 Å². The molecule has 0 N–H and O–H groups in total. The molecule has 2 saturated carbocycles. The molecule has 1 aromatic heterocycles. The van der Waals surface area contributed by atoms with Crippen molar-refractivity contribution in [3.05, 3.63) is 395 Å². The second-order valence-corrected chi connectivity index (χ2v) is 34.6. The molecule has 2 aliphatic rings. The molecular weight excluding hydrogens is 1700 g/mol. The van der Waals surface area contributed by atoms with Crippen molar-refractivity contribution in [2.45, 2.75) is 149 Å². The Morgan fingerprint density at radius 3 is 0.898 bits per heavy atom. The molecule has 2 aliphatic carbocycles. The van der Waals surface area contributed by atoms with Crippen LogP contribution in [0.15, 0.2) is 297 Å². The van der Waals surface area contributed by atoms with E-state index in [1.54, 1.807) is 41.7 Å². The fourth-order valence-electron chi connectivity index (χ4n) is 16.4. The van der Waals surface area contributed by atoms with Gasteiger partial charge in [0.1, 0.15) is 0 Å². The summed E-state index contributed by atoms with van der Waals surface area (Å²) in [5.74, 6) is 2.15. The number of halogens is 5. The molecule has 13 aromatic rings. The van der Waals surface area contributed by atoms with Crippen molar-refractivity contribution in [2.75, 3.05) is 35.5 Å². The summed E-state index contributed by atoms with van der Waals surface area (Å²) >= 11 is 29.9. The monoisotopic (exact) mass is 1810 g/mol. The van der Waals surface area contributed by atoms with Gasteiger partial charge in [0.25, 0.3) is 0 Å². The Bertz CT molecular complexity index is 5530. The maximum atomic E-state index is 12.7. The quantitative estimate of drug-likeness (QED) is 0.0363. The van der Waals surface area contributed by atoms with E-state index in [9.17, 15) is 24.0 Å². The van der Waals surface area contributed by atoms with Gasteiger partial charge in [-0.2, -0.15) is 0 Å². The maximum absolute atomic E-state index is 12.7. The highest BCUT2D eigenvalue weighted by Gasteiger charge is 2.23. The minimum atomic E-state index is 0.103. The number of Topliss-reactive ketones (excluding diaryl/α,β-unsaturated/α-hetero) is 5. The summed E-state index contributed by atoms with van der Waals surface area (Å²) in [6.07, 6.45) is 19.6. The molecule has 0 saturated heterocycles. The van der Waals surface area contributed by atoms with E-state index in [4.69, 9.17) is 81.7 Å². The lowest BCUT2D eigenvalue weighted by Gasteiger charge is -2.21. The molecule has 2 fully saturated rings. The van der Waals surface area contributed by atoms with E-state index in [-0.39, 0.29) is 28.9 Å². The number of nitrogens with zero attached hydrogens (tertiary/aromatic N) is 1. The third kappa shape index (κ3) is 30.5. The van der Waals surface area contributed by atoms with Crippen LogP contribution >= 0.6 is 58.0 Å². The van der Waals surface area contributed by atoms with Crippen LogP contribution in [-0.2, 0) is 76.0 Å². The highest BCUT2D eigenvalue weighted by atomic mass is 35.5. The number of benzene rings is 12. The van der Waals surface area contributed by atoms with E-state index in [2.05, 4.69) is 4.98 Å². The van der Waals surface area contributed by atoms with E-state index >= 15 is 0 Å². The highest BCUT2D eigenvalue weighted by Crippen LogP contribution is 2.36. The molecular formula is C112H112Cl5NO10. The molecule has 11 nitrogen and oxygen atoms in total. The number of ketones is 5. The number of rotatable bonds is 33. The first-order chi connectivity index (χ1) is 62.3. The smallest absolute Gasteiger partial charge is 0.167 e. The minimum Gasteiger partial charge on any atom is -0.380 e. The van der Waals surface area contributed by atoms with Gasteiger partial charge in [-0.15, -0.1) is 0 Å². The molecule has 0 bridgehead atoms. The molecule has 0 spiro atoms. The molecule has 0 unspecified atom stereocenters. The second-order valence-electron chi connectivity index (χ2n) is 32.4. The van der Waals surface area contributed by atoms with Crippen molar-refractivity contribution in [2.24, 2.45) is 11.8 Å². The number of carbonyl (C=O) groups is 5. The predicted octanol–water partition coefficient (Wildman–Crippen LogP) is 29.9. The fraction of sp³-hybridized carbons (Fsp3) is 0.268. The summed E-state index contributed by atoms with van der Waals surface area (Å²) in [6.45, 7) is 2.33. The molecule has 15 rings (SSSR count). The molecule has 0 radical (unpaired) electrons. The van der Waals surface area contributed by atoms with Crippen molar-refractivity contribution < 1.29 is 47.7 Å². The van der Waals surface area contributed by atoms with Crippen LogP contribution in [0.2, 0.25) is 25.1 Å². The standard InChI is InChI=1S/C23H27ClO2.C23H21ClO2.C22H20ClNO2.C22H25ClO2.C22H19ClO2/c2*1-26-16-20-15-19(23(25)14-7-17-5-3-2-4-6-17)10-13-22(20)18-8-11-21(24)12-9-18;1-26-15-18-14-17(22(25)12-10-20-4-2-3-13-24-20)7-11-21(18)16-5-8-19(23)9-6-16;2*1-25-15-19-14-18(22(24)13-16-5-3-2-4-6-16)9-12-21(19)17-7-10-20(23)11-8-17/h8-13,15,17H,2-7,14,16H2,1H3;2-6,8-13,15H,7,14,16H2,1H3;2-9,11,13-14H,10,12,15H2,1H3;7-12,14,16H,2-6,13,15H2,1H3;2-12,14H,13,15H2,1H3. The number of hydrogen-bond acceptors (Lipinski definition) is 11. The number of hydrogen-bond donors (Lipinski definition) is 0. The van der Waals surface area contributed by atoms with Crippen molar-refractivity contribution in [1.29, 1.82) is 0 Å². The Kier molecular flexibility index (Phi) is 39.9. The summed E-state index contributed by atoms with van der Waals surface area (Å²) in [4.78, 5) is 67.4. The normalized spacial score (nSPS) is 12.5. The Labute approximate surface area is 780 Å². The Balaban J connectivity index is 0.000000155. The van der Waals surface area contributed by atoms with E-state index in [0.29, 0.717) is 104 Å². The Hall–Kier alpha value is -10.6. The van der Waals surface area contributed by atoms with Crippen LogP contribution in [0.4, 0.5) is 0 Å². The number of pyridine rings is 1. The van der Waals surface area contributed by atoms with Crippen molar-refractivity contribution in [3.8, 4) is 55.6 Å². The van der Waals surface area contributed by atoms with E-state index < -0.39 is 0 Å². The SMILES string of the molecule is COCc1cc(C(=O)CC2CCCCC2)ccc1-c1ccc(Cl)cc1.COCc1cc(C(=O)CCC2CCCCC2)ccc1-c1ccc(Cl)cc1.COCc1cc(C(=O)CCc2ccccc2)ccc1-c1ccc(Cl)cc1.COCc1cc(C(=O)CCc2ccccn2)ccc1-c1ccc(Cl)cc1.COCc1cc(C(=O)Cc2ccccc2)ccc1-c1ccc(Cl)cc1. The van der Waals surface area contributed by atoms with E-state index in [0.717, 1.165) is 140 Å². The molecule has 16 heteroatoms. The van der Waals surface area contributed by atoms with Gasteiger partial charge in [-0.25, -0.2) is 0 Å². The molecule has 0 amide bonds. The zero-order chi connectivity index (χ0) is 90.4. The number of aryl methyl sites for hydroxylation is 2. The molecule has 1 heterocycles. The summed E-state index contributed by atoms with van der Waals surface area (Å²) in [7, 11) is 8.34. The predicted molar refractivity (Wildman–Crippen MR) is 524 cm³/mol. The average Bonchev–Trinajstić information content (AvgIpc) is 0.857. The lowest BCUT2D eigenvalue weighted by molar-refractivity contribution is 0.0945. The average molecular weight is 1810 g/mol. The summed E-state index contributed by atoms with van der Waals surface area (Å²) in [5, 5.41) is 3.54. The third-order valence-corrected chi connectivity index (χ3v) is 24.4. The van der Waals surface area contributed by atoms with Gasteiger partial charge in [-0.3, -0.25) is 29.0 Å². The first-order valence-electron chi connectivity index (χ1n) is 43.9. The Morgan fingerprint density at radius 2 is 0.578 bits per heavy atom. The lowest BCUT2D eigenvalue weighted by atomic mass is 9.84. The van der Waals surface area contributed by atoms with Crippen LogP contribution in [0.25, 0.3) is 55.6 Å². The van der Waals surface area contributed by atoms with Crippen LogP contribution in [-0.4, -0.2) is 69.4 Å². The van der Waals surface area contributed by atoms with Gasteiger partial charge in [0.2, 0.25) is 0 Å². The molecule has 12 aromatic carbocycles. The van der Waals surface area contributed by atoms with Crippen molar-refractivity contribution in [3.63, 3.8) is 0 Å². The van der Waals surface area contributed by atoms with Gasteiger partial charge in [0, 0.05) is 132 Å². The van der Waals surface area contributed by atoms with Crippen molar-refractivity contribution >= 4 is 86.9 Å². The van der Waals surface area contributed by atoms with Crippen LogP contribution in [0.1, 0.15) is 193 Å². The first-order valence-corrected chi connectivity index (χ1v) is 45.8. The van der Waals surface area contributed by atoms with Crippen LogP contribution < -0.4 is 0 Å². The highest BCUT2D eigenvalue weighted by molar-refractivity contribution is 6.32. The zero-order valence-electron chi connectivity index (χ0n) is 73.6. The first kappa shape index (κ1) is 98.0. The molecule has 660 valence electrons. The maximum Gasteiger partial charge on any atom is 0.167 e. The minimum absolute atomic E-state index is 0.103. The topological polar surface area (TPSA) is 144 Å². The summed E-state index contributed by atoms with van der Waals surface area (Å²) < 4.78 is 26.7. The van der Waals surface area contributed by atoms with Gasteiger partial charge in [-0.05, 0) is 229 Å². The van der Waals surface area contributed by atoms with Crippen LogP contribution in [0.5, 0.6) is 0 Å². The number of methoxy groups -OCH3 is 5. The number of aromatic nitrogens is 1. The molecule has 0 aliphatic heterocycles. The third-order valence-electron chi connectivity index (χ3n) is 23.1. The lowest BCUT2D eigenvalue weighted by Crippen LogP contribution is -2.12. The van der Waals surface area contributed by atoms with Crippen LogP contribution in [0.3, 0.4) is 0 Å². The number of ether oxygens (including phenoxy) is 5. The summed E-state index contributed by atoms with van der Waals surface area (Å²) in [5.41, 5.74) is 22.6. The number of carbonyl (C=O) groups excluding carboxylic acids is 5. The van der Waals surface area contributed by atoms with Crippen LogP contribution in [0, 0.1) is 11.8 Å². The Morgan fingerprint density at radius 1 is 0.289 bits per heavy atom. The summed E-state index contributed by atoms with van der Waals surface area (Å²) in [6, 6.07) is 93.6. The molecule has 0 atom stereocenters. The van der Waals surface area contributed by atoms with Gasteiger partial charge < -0.3 is 23.7 Å². The van der Waals surface area contributed by atoms with Gasteiger partial charge in [0.15, 0.2) is 28.9 Å². The van der Waals surface area contributed by atoms with E-state index in [1.165, 1.54) is 69.8 Å². The largest absolute Gasteiger partial charge is 0.380 e. The second kappa shape index (κ2) is 52.1. The van der Waals surface area contributed by atoms with Gasteiger partial charge in [-0.1, -0.05) is 310 Å².